The first kappa shape index (κ1) is 17.3. The van der Waals surface area contributed by atoms with E-state index in [0.29, 0.717) is 6.54 Å². The Balaban J connectivity index is 1.69. The van der Waals surface area contributed by atoms with Crippen LogP contribution in [0.5, 0.6) is 0 Å². The molecule has 3 aromatic heterocycles. The first-order valence-electron chi connectivity index (χ1n) is 8.58. The van der Waals surface area contributed by atoms with Gasteiger partial charge in [-0.05, 0) is 37.6 Å². The molecule has 0 aliphatic carbocycles. The number of thioether (sulfide) groups is 1. The van der Waals surface area contributed by atoms with E-state index >= 15 is 0 Å². The molecular formula is C18H20N2O2S3. The zero-order valence-electron chi connectivity index (χ0n) is 14.1. The molecule has 4 heterocycles. The number of hydrogen-bond acceptors (Lipinski definition) is 6. The Morgan fingerprint density at radius 1 is 1.40 bits per heavy atom. The number of ether oxygens (including phenoxy) is 1. The van der Waals surface area contributed by atoms with Gasteiger partial charge in [0, 0.05) is 34.7 Å². The molecule has 4 nitrogen and oxygen atoms in total. The Morgan fingerprint density at radius 2 is 2.32 bits per heavy atom. The number of hydrogen-bond donors (Lipinski definition) is 0. The average Bonchev–Trinajstić information content (AvgIpc) is 3.30. The topological polar surface area (TPSA) is 44.1 Å². The quantitative estimate of drug-likeness (QED) is 0.459. The van der Waals surface area contributed by atoms with Gasteiger partial charge in [0.15, 0.2) is 5.16 Å². The smallest absolute Gasteiger partial charge is 0.263 e. The maximum absolute atomic E-state index is 13.1. The van der Waals surface area contributed by atoms with Gasteiger partial charge in [-0.1, -0.05) is 17.8 Å². The Kier molecular flexibility index (Phi) is 5.26. The highest BCUT2D eigenvalue weighted by atomic mass is 32.2. The number of fused-ring (bicyclic) bond motifs is 1. The molecule has 0 spiro atoms. The molecule has 132 valence electrons. The predicted molar refractivity (Wildman–Crippen MR) is 107 cm³/mol. The second kappa shape index (κ2) is 7.61. The van der Waals surface area contributed by atoms with Gasteiger partial charge < -0.3 is 4.74 Å². The van der Waals surface area contributed by atoms with E-state index in [2.05, 4.69) is 11.4 Å². The van der Waals surface area contributed by atoms with Gasteiger partial charge >= 0.3 is 0 Å². The number of nitrogens with zero attached hydrogens (tertiary/aromatic N) is 2. The van der Waals surface area contributed by atoms with Gasteiger partial charge in [0.25, 0.3) is 5.56 Å². The first-order valence-corrected chi connectivity index (χ1v) is 11.3. The van der Waals surface area contributed by atoms with Crippen molar-refractivity contribution < 1.29 is 4.74 Å². The lowest BCUT2D eigenvalue weighted by Crippen LogP contribution is -2.24. The van der Waals surface area contributed by atoms with Crippen LogP contribution >= 0.6 is 34.4 Å². The molecule has 1 aliphatic rings. The van der Waals surface area contributed by atoms with Gasteiger partial charge in [0.05, 0.1) is 11.5 Å². The Labute approximate surface area is 158 Å². The van der Waals surface area contributed by atoms with E-state index < -0.39 is 0 Å². The largest absolute Gasteiger partial charge is 0.377 e. The maximum atomic E-state index is 13.1. The summed E-state index contributed by atoms with van der Waals surface area (Å²) >= 11 is 4.87. The molecule has 3 aromatic rings. The number of rotatable bonds is 5. The summed E-state index contributed by atoms with van der Waals surface area (Å²) in [6.45, 7) is 3.50. The summed E-state index contributed by atoms with van der Waals surface area (Å²) < 4.78 is 7.62. The van der Waals surface area contributed by atoms with Gasteiger partial charge in [-0.15, -0.1) is 22.7 Å². The van der Waals surface area contributed by atoms with E-state index in [9.17, 15) is 4.79 Å². The van der Waals surface area contributed by atoms with Crippen LogP contribution in [0.1, 0.15) is 26.2 Å². The van der Waals surface area contributed by atoms with E-state index in [1.165, 1.54) is 6.42 Å². The zero-order valence-corrected chi connectivity index (χ0v) is 16.5. The van der Waals surface area contributed by atoms with Crippen LogP contribution in [0.25, 0.3) is 20.7 Å². The van der Waals surface area contributed by atoms with Gasteiger partial charge in [-0.2, -0.15) is 0 Å². The van der Waals surface area contributed by atoms with Crippen molar-refractivity contribution in [2.75, 3.05) is 12.4 Å². The third-order valence-corrected chi connectivity index (χ3v) is 7.32. The van der Waals surface area contributed by atoms with Crippen LogP contribution in [0.15, 0.2) is 32.8 Å². The minimum absolute atomic E-state index is 0.0733. The van der Waals surface area contributed by atoms with Crippen molar-refractivity contribution in [2.45, 2.75) is 44.0 Å². The summed E-state index contributed by atoms with van der Waals surface area (Å²) in [4.78, 5) is 19.9. The van der Waals surface area contributed by atoms with Gasteiger partial charge in [0.2, 0.25) is 0 Å². The lowest BCUT2D eigenvalue weighted by molar-refractivity contribution is 0.0315. The molecule has 0 radical (unpaired) electrons. The van der Waals surface area contributed by atoms with Gasteiger partial charge in [-0.3, -0.25) is 9.36 Å². The van der Waals surface area contributed by atoms with Crippen LogP contribution in [0, 0.1) is 0 Å². The van der Waals surface area contributed by atoms with Crippen LogP contribution in [-0.4, -0.2) is 28.0 Å². The fraction of sp³-hybridized carbons (Fsp3) is 0.444. The summed E-state index contributed by atoms with van der Waals surface area (Å²) in [6.07, 6.45) is 3.77. The van der Waals surface area contributed by atoms with Crippen molar-refractivity contribution in [2.24, 2.45) is 0 Å². The first-order chi connectivity index (χ1) is 12.3. The SMILES string of the molecule is CCn1c(SC[C@@H]2CCCCO2)nc2scc(-c3cccs3)c2c1=O. The number of aromatic nitrogens is 2. The Morgan fingerprint density at radius 3 is 3.04 bits per heavy atom. The Bertz CT molecular complexity index is 908. The zero-order chi connectivity index (χ0) is 17.2. The number of thiophene rings is 2. The molecular weight excluding hydrogens is 372 g/mol. The van der Waals surface area contributed by atoms with Crippen molar-refractivity contribution in [3.8, 4) is 10.4 Å². The van der Waals surface area contributed by atoms with Crippen molar-refractivity contribution in [1.29, 1.82) is 0 Å². The minimum Gasteiger partial charge on any atom is -0.377 e. The average molecular weight is 393 g/mol. The molecule has 1 saturated heterocycles. The van der Waals surface area contributed by atoms with Gasteiger partial charge in [-0.25, -0.2) is 4.98 Å². The highest BCUT2D eigenvalue weighted by molar-refractivity contribution is 7.99. The maximum Gasteiger partial charge on any atom is 0.263 e. The summed E-state index contributed by atoms with van der Waals surface area (Å²) in [7, 11) is 0. The summed E-state index contributed by atoms with van der Waals surface area (Å²) in [5, 5.41) is 5.67. The molecule has 1 fully saturated rings. The lowest BCUT2D eigenvalue weighted by Gasteiger charge is -2.22. The molecule has 4 rings (SSSR count). The second-order valence-corrected chi connectivity index (χ2v) is 8.84. The summed E-state index contributed by atoms with van der Waals surface area (Å²) in [5.74, 6) is 0.862. The third kappa shape index (κ3) is 3.43. The molecule has 0 bridgehead atoms. The van der Waals surface area contributed by atoms with Crippen molar-refractivity contribution in [3.05, 3.63) is 33.2 Å². The summed E-state index contributed by atoms with van der Waals surface area (Å²) in [5.41, 5.74) is 1.09. The van der Waals surface area contributed by atoms with E-state index in [1.807, 2.05) is 18.4 Å². The Hall–Kier alpha value is -1.15. The fourth-order valence-corrected chi connectivity index (χ4v) is 6.05. The molecule has 0 N–H and O–H groups in total. The van der Waals surface area contributed by atoms with E-state index in [-0.39, 0.29) is 11.7 Å². The van der Waals surface area contributed by atoms with Crippen LogP contribution in [0.3, 0.4) is 0 Å². The molecule has 0 aromatic carbocycles. The monoisotopic (exact) mass is 392 g/mol. The highest BCUT2D eigenvalue weighted by Gasteiger charge is 2.19. The highest BCUT2D eigenvalue weighted by Crippen LogP contribution is 2.34. The molecule has 1 aliphatic heterocycles. The lowest BCUT2D eigenvalue weighted by atomic mass is 10.1. The predicted octanol–water partition coefficient (Wildman–Crippen LogP) is 4.87. The summed E-state index contributed by atoms with van der Waals surface area (Å²) in [6, 6.07) is 4.08. The molecule has 0 saturated carbocycles. The third-order valence-electron chi connectivity index (χ3n) is 4.43. The van der Waals surface area contributed by atoms with Crippen LogP contribution in [-0.2, 0) is 11.3 Å². The van der Waals surface area contributed by atoms with Crippen molar-refractivity contribution >= 4 is 44.7 Å². The van der Waals surface area contributed by atoms with Gasteiger partial charge in [0.1, 0.15) is 4.83 Å². The van der Waals surface area contributed by atoms with Crippen LogP contribution < -0.4 is 5.56 Å². The fourth-order valence-electron chi connectivity index (χ4n) is 3.11. The molecule has 0 unspecified atom stereocenters. The van der Waals surface area contributed by atoms with E-state index in [0.717, 1.165) is 51.0 Å². The molecule has 7 heteroatoms. The normalized spacial score (nSPS) is 18.0. The molecule has 25 heavy (non-hydrogen) atoms. The second-order valence-electron chi connectivity index (χ2n) is 6.05. The standard InChI is InChI=1S/C18H20N2O2S3/c1-2-20-17(21)15-13(14-7-5-9-23-14)11-24-16(15)19-18(20)25-10-12-6-3-4-8-22-12/h5,7,9,11-12H,2-4,6,8,10H2,1H3/t12-/m0/s1. The molecule has 0 amide bonds. The van der Waals surface area contributed by atoms with Crippen LogP contribution in [0.2, 0.25) is 0 Å². The van der Waals surface area contributed by atoms with Crippen molar-refractivity contribution in [1.82, 2.24) is 9.55 Å². The molecule has 1 atom stereocenters. The minimum atomic E-state index is 0.0733. The van der Waals surface area contributed by atoms with Crippen molar-refractivity contribution in [3.63, 3.8) is 0 Å². The van der Waals surface area contributed by atoms with E-state index in [4.69, 9.17) is 9.72 Å². The van der Waals surface area contributed by atoms with Crippen LogP contribution in [0.4, 0.5) is 0 Å². The van der Waals surface area contributed by atoms with E-state index in [1.54, 1.807) is 39.0 Å².